The first kappa shape index (κ1) is 17.7. The number of ketones is 1. The number of nitrogens with zero attached hydrogens (tertiary/aromatic N) is 1. The van der Waals surface area contributed by atoms with Gasteiger partial charge in [-0.25, -0.2) is 4.98 Å². The van der Waals surface area contributed by atoms with Crippen LogP contribution in [-0.4, -0.2) is 40.9 Å². The Morgan fingerprint density at radius 1 is 1.29 bits per heavy atom. The predicted octanol–water partition coefficient (Wildman–Crippen LogP) is 0.605. The lowest BCUT2D eigenvalue weighted by atomic mass is 10.0. The summed E-state index contributed by atoms with van der Waals surface area (Å²) in [7, 11) is 1.59. The molecule has 0 aliphatic carbocycles. The molecule has 1 amide bonds. The summed E-state index contributed by atoms with van der Waals surface area (Å²) >= 11 is 0. The van der Waals surface area contributed by atoms with E-state index < -0.39 is 12.1 Å². The zero-order valence-electron chi connectivity index (χ0n) is 13.8. The number of carbonyl (C=O) groups excluding carboxylic acids is 2. The Hall–Kier alpha value is -2.67. The fourth-order valence-corrected chi connectivity index (χ4v) is 2.30. The largest absolute Gasteiger partial charge is 0.497 e. The average molecular weight is 330 g/mol. The number of H-pyrrole nitrogens is 1. The number of rotatable bonds is 8. The zero-order chi connectivity index (χ0) is 17.5. The summed E-state index contributed by atoms with van der Waals surface area (Å²) in [5.74, 6) is 0.259. The summed E-state index contributed by atoms with van der Waals surface area (Å²) in [5.41, 5.74) is 7.60. The van der Waals surface area contributed by atoms with Gasteiger partial charge in [0.2, 0.25) is 5.91 Å². The van der Waals surface area contributed by atoms with Gasteiger partial charge in [-0.2, -0.15) is 0 Å². The quantitative estimate of drug-likeness (QED) is 0.657. The van der Waals surface area contributed by atoms with Crippen LogP contribution in [0.5, 0.6) is 5.75 Å². The second-order valence-corrected chi connectivity index (χ2v) is 5.61. The van der Waals surface area contributed by atoms with Crippen molar-refractivity contribution in [3.8, 4) is 5.75 Å². The van der Waals surface area contributed by atoms with Crippen LogP contribution < -0.4 is 15.8 Å². The minimum Gasteiger partial charge on any atom is -0.497 e. The molecule has 2 rings (SSSR count). The Morgan fingerprint density at radius 3 is 2.54 bits per heavy atom. The summed E-state index contributed by atoms with van der Waals surface area (Å²) in [6.45, 7) is 1.45. The molecular weight excluding hydrogens is 308 g/mol. The normalized spacial score (nSPS) is 13.1. The number of aromatic amines is 1. The van der Waals surface area contributed by atoms with Crippen LogP contribution in [0.3, 0.4) is 0 Å². The SMILES string of the molecule is COc1ccc(CC(NC(=O)C(N)Cc2cnc[nH]2)C(C)=O)cc1. The van der Waals surface area contributed by atoms with E-state index in [4.69, 9.17) is 10.5 Å². The van der Waals surface area contributed by atoms with Gasteiger partial charge in [-0.05, 0) is 31.0 Å². The molecular formula is C17H22N4O3. The molecule has 1 heterocycles. The monoisotopic (exact) mass is 330 g/mol. The Labute approximate surface area is 140 Å². The van der Waals surface area contributed by atoms with Gasteiger partial charge in [-0.1, -0.05) is 12.1 Å². The fourth-order valence-electron chi connectivity index (χ4n) is 2.30. The molecule has 2 unspecified atom stereocenters. The van der Waals surface area contributed by atoms with Crippen molar-refractivity contribution in [3.05, 3.63) is 48.0 Å². The molecule has 0 aliphatic rings. The van der Waals surface area contributed by atoms with Crippen molar-refractivity contribution < 1.29 is 14.3 Å². The number of hydrogen-bond donors (Lipinski definition) is 3. The summed E-state index contributed by atoms with van der Waals surface area (Å²) < 4.78 is 5.11. The summed E-state index contributed by atoms with van der Waals surface area (Å²) in [6.07, 6.45) is 3.88. The van der Waals surface area contributed by atoms with Gasteiger partial charge in [0.15, 0.2) is 5.78 Å². The molecule has 1 aromatic carbocycles. The maximum atomic E-state index is 12.2. The van der Waals surface area contributed by atoms with E-state index in [0.717, 1.165) is 17.0 Å². The Bertz CT molecular complexity index is 668. The standard InChI is InChI=1S/C17H22N4O3/c1-11(22)16(7-12-3-5-14(24-2)6-4-12)21-17(23)15(18)8-13-9-19-10-20-13/h3-6,9-10,15-16H,7-8,18H2,1-2H3,(H,19,20)(H,21,23). The summed E-state index contributed by atoms with van der Waals surface area (Å²) in [5, 5.41) is 2.73. The number of benzene rings is 1. The molecule has 0 radical (unpaired) electrons. The topological polar surface area (TPSA) is 110 Å². The van der Waals surface area contributed by atoms with E-state index >= 15 is 0 Å². The van der Waals surface area contributed by atoms with Crippen molar-refractivity contribution in [2.75, 3.05) is 7.11 Å². The molecule has 2 aromatic rings. The minimum absolute atomic E-state index is 0.118. The van der Waals surface area contributed by atoms with Crippen LogP contribution in [0.4, 0.5) is 0 Å². The van der Waals surface area contributed by atoms with E-state index in [-0.39, 0.29) is 11.7 Å². The molecule has 0 fully saturated rings. The van der Waals surface area contributed by atoms with Gasteiger partial charge in [0.05, 0.1) is 25.5 Å². The molecule has 0 aliphatic heterocycles. The average Bonchev–Trinajstić information content (AvgIpc) is 3.07. The molecule has 0 bridgehead atoms. The Morgan fingerprint density at radius 2 is 2.00 bits per heavy atom. The number of methoxy groups -OCH3 is 1. The van der Waals surface area contributed by atoms with Gasteiger partial charge < -0.3 is 20.8 Å². The Balaban J connectivity index is 1.96. The van der Waals surface area contributed by atoms with Gasteiger partial charge in [0, 0.05) is 18.3 Å². The molecule has 4 N–H and O–H groups in total. The number of Topliss-reactive ketones (excluding diaryl/α,β-unsaturated/α-hetero) is 1. The number of imidazole rings is 1. The second kappa shape index (κ2) is 8.26. The molecule has 0 spiro atoms. The number of nitrogens with two attached hydrogens (primary N) is 1. The summed E-state index contributed by atoms with van der Waals surface area (Å²) in [4.78, 5) is 30.9. The van der Waals surface area contributed by atoms with Crippen LogP contribution in [-0.2, 0) is 22.4 Å². The highest BCUT2D eigenvalue weighted by molar-refractivity contribution is 5.89. The molecule has 24 heavy (non-hydrogen) atoms. The van der Waals surface area contributed by atoms with Gasteiger partial charge in [-0.15, -0.1) is 0 Å². The molecule has 1 aromatic heterocycles. The highest BCUT2D eigenvalue weighted by atomic mass is 16.5. The third-order valence-corrected chi connectivity index (χ3v) is 3.74. The number of amides is 1. The van der Waals surface area contributed by atoms with Gasteiger partial charge in [0.25, 0.3) is 0 Å². The van der Waals surface area contributed by atoms with Crippen LogP contribution in [0, 0.1) is 0 Å². The highest BCUT2D eigenvalue weighted by Crippen LogP contribution is 2.13. The lowest BCUT2D eigenvalue weighted by Gasteiger charge is -2.19. The van der Waals surface area contributed by atoms with Crippen LogP contribution >= 0.6 is 0 Å². The predicted molar refractivity (Wildman–Crippen MR) is 89.6 cm³/mol. The molecule has 0 saturated carbocycles. The van der Waals surface area contributed by atoms with Gasteiger partial charge >= 0.3 is 0 Å². The van der Waals surface area contributed by atoms with E-state index in [2.05, 4.69) is 15.3 Å². The van der Waals surface area contributed by atoms with Crippen molar-refractivity contribution in [2.45, 2.75) is 31.8 Å². The molecule has 2 atom stereocenters. The van der Waals surface area contributed by atoms with Crippen molar-refractivity contribution in [3.63, 3.8) is 0 Å². The third kappa shape index (κ3) is 4.92. The Kier molecular flexibility index (Phi) is 6.08. The lowest BCUT2D eigenvalue weighted by molar-refractivity contribution is -0.127. The lowest BCUT2D eigenvalue weighted by Crippen LogP contribution is -2.49. The van der Waals surface area contributed by atoms with Crippen LogP contribution in [0.25, 0.3) is 0 Å². The van der Waals surface area contributed by atoms with Gasteiger partial charge in [0.1, 0.15) is 5.75 Å². The first-order valence-corrected chi connectivity index (χ1v) is 7.66. The van der Waals surface area contributed by atoms with Crippen LogP contribution in [0.15, 0.2) is 36.8 Å². The first-order valence-electron chi connectivity index (χ1n) is 7.66. The molecule has 7 heteroatoms. The molecule has 0 saturated heterocycles. The molecule has 7 nitrogen and oxygen atoms in total. The number of nitrogens with one attached hydrogen (secondary N) is 2. The maximum absolute atomic E-state index is 12.2. The molecule has 128 valence electrons. The van der Waals surface area contributed by atoms with Crippen molar-refractivity contribution in [1.29, 1.82) is 0 Å². The zero-order valence-corrected chi connectivity index (χ0v) is 13.8. The van der Waals surface area contributed by atoms with E-state index in [1.165, 1.54) is 13.3 Å². The van der Waals surface area contributed by atoms with E-state index in [9.17, 15) is 9.59 Å². The maximum Gasteiger partial charge on any atom is 0.237 e. The van der Waals surface area contributed by atoms with Crippen molar-refractivity contribution >= 4 is 11.7 Å². The van der Waals surface area contributed by atoms with Crippen LogP contribution in [0.2, 0.25) is 0 Å². The number of hydrogen-bond acceptors (Lipinski definition) is 5. The number of ether oxygens (including phenoxy) is 1. The second-order valence-electron chi connectivity index (χ2n) is 5.61. The summed E-state index contributed by atoms with van der Waals surface area (Å²) in [6, 6.07) is 6.01. The van der Waals surface area contributed by atoms with E-state index in [1.54, 1.807) is 13.3 Å². The third-order valence-electron chi connectivity index (χ3n) is 3.74. The van der Waals surface area contributed by atoms with Crippen molar-refractivity contribution in [2.24, 2.45) is 5.73 Å². The highest BCUT2D eigenvalue weighted by Gasteiger charge is 2.22. The fraction of sp³-hybridized carbons (Fsp3) is 0.353. The van der Waals surface area contributed by atoms with Gasteiger partial charge in [-0.3, -0.25) is 9.59 Å². The van der Waals surface area contributed by atoms with Crippen molar-refractivity contribution in [1.82, 2.24) is 15.3 Å². The van der Waals surface area contributed by atoms with E-state index in [0.29, 0.717) is 12.8 Å². The van der Waals surface area contributed by atoms with Crippen LogP contribution in [0.1, 0.15) is 18.2 Å². The minimum atomic E-state index is -0.747. The smallest absolute Gasteiger partial charge is 0.237 e. The number of carbonyl (C=O) groups is 2. The number of aromatic nitrogens is 2. The first-order chi connectivity index (χ1) is 11.5. The van der Waals surface area contributed by atoms with E-state index in [1.807, 2.05) is 24.3 Å².